The monoisotopic (exact) mass is 475 g/mol. The van der Waals surface area contributed by atoms with Crippen molar-refractivity contribution in [3.05, 3.63) is 120 Å². The number of rotatable bonds is 7. The Bertz CT molecular complexity index is 1520. The number of carbonyl (C=O) groups excluding carboxylic acids is 1. The molecule has 0 spiro atoms. The molecule has 1 heterocycles. The zero-order valence-corrected chi connectivity index (χ0v) is 19.8. The zero-order chi connectivity index (χ0) is 25.1. The van der Waals surface area contributed by atoms with Gasteiger partial charge in [0.2, 0.25) is 0 Å². The Hall–Kier alpha value is -4.64. The summed E-state index contributed by atoms with van der Waals surface area (Å²) in [6.07, 6.45) is 0.705. The summed E-state index contributed by atoms with van der Waals surface area (Å²) in [4.78, 5) is 23.3. The van der Waals surface area contributed by atoms with E-state index in [1.165, 1.54) is 12.5 Å². The number of nitrogens with one attached hydrogen (secondary N) is 1. The van der Waals surface area contributed by atoms with Crippen molar-refractivity contribution in [3.63, 3.8) is 0 Å². The van der Waals surface area contributed by atoms with Gasteiger partial charge < -0.3 is 14.8 Å². The van der Waals surface area contributed by atoms with E-state index < -0.39 is 17.9 Å². The third kappa shape index (κ3) is 4.77. The lowest BCUT2D eigenvalue weighted by Crippen LogP contribution is -2.38. The number of benzene rings is 4. The van der Waals surface area contributed by atoms with E-state index in [4.69, 9.17) is 9.52 Å². The van der Waals surface area contributed by atoms with Gasteiger partial charge in [-0.1, -0.05) is 84.9 Å². The van der Waals surface area contributed by atoms with Crippen molar-refractivity contribution >= 4 is 22.8 Å². The van der Waals surface area contributed by atoms with Crippen LogP contribution < -0.4 is 5.32 Å². The second kappa shape index (κ2) is 9.92. The van der Waals surface area contributed by atoms with E-state index in [-0.39, 0.29) is 0 Å². The van der Waals surface area contributed by atoms with Crippen LogP contribution in [0.4, 0.5) is 0 Å². The number of aliphatic carboxylic acids is 1. The van der Waals surface area contributed by atoms with Crippen molar-refractivity contribution in [1.82, 2.24) is 5.32 Å². The summed E-state index contributed by atoms with van der Waals surface area (Å²) < 4.78 is 6.28. The second-order valence-corrected chi connectivity index (χ2v) is 8.75. The number of amides is 1. The first-order chi connectivity index (χ1) is 17.5. The number of para-hydroxylation sites is 1. The van der Waals surface area contributed by atoms with Gasteiger partial charge in [0, 0.05) is 22.9 Å². The van der Waals surface area contributed by atoms with Crippen molar-refractivity contribution in [1.29, 1.82) is 0 Å². The minimum Gasteiger partial charge on any atom is -0.480 e. The molecule has 5 nitrogen and oxygen atoms in total. The minimum absolute atomic E-state index is 0.412. The van der Waals surface area contributed by atoms with Gasteiger partial charge in [-0.2, -0.15) is 0 Å². The molecule has 0 radical (unpaired) electrons. The summed E-state index contributed by atoms with van der Waals surface area (Å²) in [5.74, 6) is -0.553. The summed E-state index contributed by atoms with van der Waals surface area (Å²) in [6, 6.07) is 32.9. The number of hydrogen-bond donors (Lipinski definition) is 2. The summed E-state index contributed by atoms with van der Waals surface area (Å²) in [7, 11) is 0. The van der Waals surface area contributed by atoms with Crippen molar-refractivity contribution in [2.75, 3.05) is 0 Å². The molecule has 178 valence electrons. The Morgan fingerprint density at radius 3 is 2.03 bits per heavy atom. The van der Waals surface area contributed by atoms with E-state index in [9.17, 15) is 9.59 Å². The molecule has 0 aliphatic rings. The SMILES string of the molecule is C[C@H](NC(=O)c1ccc(-c2ccc(-c3c(Cc4ccccc4)oc4ccccc34)cc2)cc1)C(=O)O. The highest BCUT2D eigenvalue weighted by Gasteiger charge is 2.17. The minimum atomic E-state index is -1.07. The van der Waals surface area contributed by atoms with Crippen molar-refractivity contribution < 1.29 is 19.1 Å². The van der Waals surface area contributed by atoms with E-state index in [1.54, 1.807) is 12.1 Å². The number of hydrogen-bond acceptors (Lipinski definition) is 3. The molecule has 2 N–H and O–H groups in total. The van der Waals surface area contributed by atoms with Crippen LogP contribution in [0.1, 0.15) is 28.6 Å². The summed E-state index contributed by atoms with van der Waals surface area (Å²) in [6.45, 7) is 1.44. The molecule has 0 fully saturated rings. The molecule has 36 heavy (non-hydrogen) atoms. The average Bonchev–Trinajstić information content (AvgIpc) is 3.27. The van der Waals surface area contributed by atoms with Crippen molar-refractivity contribution in [3.8, 4) is 22.3 Å². The Balaban J connectivity index is 1.42. The van der Waals surface area contributed by atoms with E-state index in [1.807, 2.05) is 48.5 Å². The lowest BCUT2D eigenvalue weighted by atomic mass is 9.96. The highest BCUT2D eigenvalue weighted by atomic mass is 16.4. The van der Waals surface area contributed by atoms with Crippen LogP contribution in [-0.2, 0) is 11.2 Å². The van der Waals surface area contributed by atoms with Crippen LogP contribution in [0.2, 0.25) is 0 Å². The van der Waals surface area contributed by atoms with E-state index in [0.717, 1.165) is 39.0 Å². The molecule has 1 amide bonds. The molecule has 1 aromatic heterocycles. The third-order valence-corrected chi connectivity index (χ3v) is 6.25. The number of furan rings is 1. The van der Waals surface area contributed by atoms with Crippen molar-refractivity contribution in [2.24, 2.45) is 0 Å². The molecule has 0 aliphatic heterocycles. The molecular formula is C31H25NO4. The largest absolute Gasteiger partial charge is 0.480 e. The predicted molar refractivity (Wildman–Crippen MR) is 141 cm³/mol. The van der Waals surface area contributed by atoms with Gasteiger partial charge in [-0.25, -0.2) is 0 Å². The van der Waals surface area contributed by atoms with Gasteiger partial charge in [0.05, 0.1) is 0 Å². The Labute approximate surface area is 209 Å². The fourth-order valence-electron chi connectivity index (χ4n) is 4.30. The lowest BCUT2D eigenvalue weighted by molar-refractivity contribution is -0.138. The van der Waals surface area contributed by atoms with Crippen LogP contribution in [-0.4, -0.2) is 23.0 Å². The van der Waals surface area contributed by atoms with Gasteiger partial charge in [-0.05, 0) is 47.4 Å². The molecule has 5 aromatic rings. The first-order valence-corrected chi connectivity index (χ1v) is 11.8. The maximum Gasteiger partial charge on any atom is 0.325 e. The molecule has 1 atom stereocenters. The standard InChI is InChI=1S/C31H25NO4/c1-20(31(34)35)32-30(33)25-17-13-23(14-18-25)22-11-15-24(16-12-22)29-26-9-5-6-10-27(26)36-28(29)19-21-7-3-2-4-8-21/h2-18,20H,19H2,1H3,(H,32,33)(H,34,35)/t20-/m0/s1. The van der Waals surface area contributed by atoms with E-state index in [2.05, 4.69) is 47.8 Å². The fraction of sp³-hybridized carbons (Fsp3) is 0.0968. The zero-order valence-electron chi connectivity index (χ0n) is 19.8. The van der Waals surface area contributed by atoms with E-state index >= 15 is 0 Å². The summed E-state index contributed by atoms with van der Waals surface area (Å²) in [5.41, 5.74) is 6.63. The fourth-order valence-corrected chi connectivity index (χ4v) is 4.30. The molecule has 0 unspecified atom stereocenters. The molecule has 0 aliphatic carbocycles. The normalized spacial score (nSPS) is 11.8. The van der Waals surface area contributed by atoms with Gasteiger partial charge >= 0.3 is 5.97 Å². The molecule has 0 saturated carbocycles. The van der Waals surface area contributed by atoms with Crippen LogP contribution in [0.5, 0.6) is 0 Å². The molecule has 5 rings (SSSR count). The predicted octanol–water partition coefficient (Wildman–Crippen LogP) is 6.56. The van der Waals surface area contributed by atoms with Gasteiger partial charge in [-0.15, -0.1) is 0 Å². The highest BCUT2D eigenvalue weighted by Crippen LogP contribution is 2.37. The number of fused-ring (bicyclic) bond motifs is 1. The van der Waals surface area contributed by atoms with Gasteiger partial charge in [0.1, 0.15) is 17.4 Å². The van der Waals surface area contributed by atoms with Crippen LogP contribution in [0.25, 0.3) is 33.2 Å². The van der Waals surface area contributed by atoms with Gasteiger partial charge in [0.15, 0.2) is 0 Å². The second-order valence-electron chi connectivity index (χ2n) is 8.75. The van der Waals surface area contributed by atoms with Gasteiger partial charge in [0.25, 0.3) is 5.91 Å². The van der Waals surface area contributed by atoms with Crippen molar-refractivity contribution in [2.45, 2.75) is 19.4 Å². The van der Waals surface area contributed by atoms with E-state index in [0.29, 0.717) is 12.0 Å². The maximum atomic E-state index is 12.3. The Kier molecular flexibility index (Phi) is 6.37. The Morgan fingerprint density at radius 1 is 0.778 bits per heavy atom. The topological polar surface area (TPSA) is 79.5 Å². The highest BCUT2D eigenvalue weighted by molar-refractivity contribution is 5.97. The number of carbonyl (C=O) groups is 2. The van der Waals surface area contributed by atoms with Crippen LogP contribution in [0.3, 0.4) is 0 Å². The molecule has 4 aromatic carbocycles. The average molecular weight is 476 g/mol. The molecular weight excluding hydrogens is 450 g/mol. The summed E-state index contributed by atoms with van der Waals surface area (Å²) >= 11 is 0. The molecule has 0 bridgehead atoms. The van der Waals surface area contributed by atoms with Crippen LogP contribution >= 0.6 is 0 Å². The number of carboxylic acids is 1. The first-order valence-electron chi connectivity index (χ1n) is 11.8. The third-order valence-electron chi connectivity index (χ3n) is 6.25. The smallest absolute Gasteiger partial charge is 0.325 e. The van der Waals surface area contributed by atoms with Crippen LogP contribution in [0.15, 0.2) is 108 Å². The quantitative estimate of drug-likeness (QED) is 0.279. The maximum absolute atomic E-state index is 12.3. The molecule has 0 saturated heterocycles. The molecule has 5 heteroatoms. The van der Waals surface area contributed by atoms with Crippen LogP contribution in [0, 0.1) is 0 Å². The number of carboxylic acid groups (broad SMARTS) is 1. The summed E-state index contributed by atoms with van der Waals surface area (Å²) in [5, 5.41) is 12.5. The lowest BCUT2D eigenvalue weighted by Gasteiger charge is -2.10. The first kappa shape index (κ1) is 23.1. The Morgan fingerprint density at radius 2 is 1.36 bits per heavy atom. The van der Waals surface area contributed by atoms with Gasteiger partial charge in [-0.3, -0.25) is 9.59 Å².